The van der Waals surface area contributed by atoms with Crippen LogP contribution in [0.1, 0.15) is 25.7 Å². The first-order valence-corrected chi connectivity index (χ1v) is 3.60. The lowest BCUT2D eigenvalue weighted by Gasteiger charge is -2.24. The lowest BCUT2D eigenvalue weighted by Crippen LogP contribution is -2.27. The molecule has 11 heavy (non-hydrogen) atoms. The van der Waals surface area contributed by atoms with E-state index in [1.165, 1.54) is 0 Å². The van der Waals surface area contributed by atoms with Crippen LogP contribution in [0.3, 0.4) is 0 Å². The first-order chi connectivity index (χ1) is 5.01. The van der Waals surface area contributed by atoms with E-state index in [4.69, 9.17) is 0 Å². The molecule has 1 fully saturated rings. The minimum Gasteiger partial charge on any atom is -0.247 e. The van der Waals surface area contributed by atoms with Gasteiger partial charge in [-0.25, -0.2) is 18.7 Å². The van der Waals surface area contributed by atoms with Crippen LogP contribution in [0, 0.1) is 5.92 Å². The Kier molecular flexibility index (Phi) is 2.11. The van der Waals surface area contributed by atoms with Crippen LogP contribution < -0.4 is 0 Å². The monoisotopic (exact) mass is 163 g/mol. The number of carbonyl (C=O) groups is 1. The molecule has 0 spiro atoms. The Balaban J connectivity index is 2.42. The van der Waals surface area contributed by atoms with Crippen LogP contribution in [-0.2, 0) is 9.90 Å². The molecular formula is C7H9F2O2. The van der Waals surface area contributed by atoms with E-state index in [-0.39, 0.29) is 25.7 Å². The van der Waals surface area contributed by atoms with Gasteiger partial charge in [0.25, 0.3) is 0 Å². The van der Waals surface area contributed by atoms with E-state index in [0.717, 1.165) is 0 Å². The zero-order valence-corrected chi connectivity index (χ0v) is 5.98. The van der Waals surface area contributed by atoms with E-state index in [1.54, 1.807) is 0 Å². The number of hydrogen-bond donors (Lipinski definition) is 0. The fourth-order valence-electron chi connectivity index (χ4n) is 1.28. The predicted molar refractivity (Wildman–Crippen MR) is 32.6 cm³/mol. The normalized spacial score (nSPS) is 24.9. The van der Waals surface area contributed by atoms with Crippen molar-refractivity contribution in [2.24, 2.45) is 5.92 Å². The molecule has 1 saturated carbocycles. The first kappa shape index (κ1) is 8.43. The van der Waals surface area contributed by atoms with Crippen LogP contribution in [0.15, 0.2) is 0 Å². The van der Waals surface area contributed by atoms with Gasteiger partial charge >= 0.3 is 5.97 Å². The molecule has 0 amide bonds. The van der Waals surface area contributed by atoms with Gasteiger partial charge in [0, 0.05) is 12.8 Å². The molecule has 0 aromatic carbocycles. The SMILES string of the molecule is [O]C(=O)C1CCC(F)(F)CC1. The highest BCUT2D eigenvalue weighted by molar-refractivity contribution is 5.69. The summed E-state index contributed by atoms with van der Waals surface area (Å²) < 4.78 is 24.9. The summed E-state index contributed by atoms with van der Waals surface area (Å²) in [5.74, 6) is -4.50. The van der Waals surface area contributed by atoms with Crippen molar-refractivity contribution in [3.05, 3.63) is 0 Å². The quantitative estimate of drug-likeness (QED) is 0.580. The maximum absolute atomic E-state index is 12.4. The molecule has 1 aliphatic rings. The molecule has 63 valence electrons. The number of halogens is 2. The Morgan fingerprint density at radius 3 is 2.09 bits per heavy atom. The third kappa shape index (κ3) is 2.13. The third-order valence-corrected chi connectivity index (χ3v) is 2.05. The second-order valence-electron chi connectivity index (χ2n) is 2.95. The fourth-order valence-corrected chi connectivity index (χ4v) is 1.28. The van der Waals surface area contributed by atoms with Crippen molar-refractivity contribution in [2.45, 2.75) is 31.6 Å². The summed E-state index contributed by atoms with van der Waals surface area (Å²) in [6.45, 7) is 0. The molecule has 4 heteroatoms. The largest absolute Gasteiger partial charge is 0.358 e. The molecule has 0 heterocycles. The molecule has 0 N–H and O–H groups in total. The van der Waals surface area contributed by atoms with E-state index >= 15 is 0 Å². The average molecular weight is 163 g/mol. The lowest BCUT2D eigenvalue weighted by atomic mass is 9.87. The standard InChI is InChI=1S/C7H9F2O2/c8-7(9)3-1-5(2-4-7)6(10)11/h5H,1-4H2. The second-order valence-corrected chi connectivity index (χ2v) is 2.95. The van der Waals surface area contributed by atoms with Gasteiger partial charge < -0.3 is 0 Å². The summed E-state index contributed by atoms with van der Waals surface area (Å²) in [7, 11) is 0. The molecule has 1 rings (SSSR count). The molecule has 0 atom stereocenters. The van der Waals surface area contributed by atoms with Crippen LogP contribution in [0.4, 0.5) is 8.78 Å². The van der Waals surface area contributed by atoms with Crippen molar-refractivity contribution in [1.29, 1.82) is 0 Å². The molecule has 0 aromatic rings. The highest BCUT2D eigenvalue weighted by Gasteiger charge is 2.37. The van der Waals surface area contributed by atoms with Gasteiger partial charge in [0.1, 0.15) is 0 Å². The van der Waals surface area contributed by atoms with Gasteiger partial charge in [-0.1, -0.05) is 0 Å². The van der Waals surface area contributed by atoms with Gasteiger partial charge in [-0.15, -0.1) is 0 Å². The van der Waals surface area contributed by atoms with Crippen molar-refractivity contribution in [3.8, 4) is 0 Å². The van der Waals surface area contributed by atoms with E-state index in [9.17, 15) is 18.7 Å². The van der Waals surface area contributed by atoms with Crippen molar-refractivity contribution >= 4 is 5.97 Å². The van der Waals surface area contributed by atoms with E-state index in [2.05, 4.69) is 0 Å². The number of rotatable bonds is 1. The molecule has 2 nitrogen and oxygen atoms in total. The molecule has 1 aliphatic carbocycles. The first-order valence-electron chi connectivity index (χ1n) is 3.60. The van der Waals surface area contributed by atoms with Crippen molar-refractivity contribution in [2.75, 3.05) is 0 Å². The summed E-state index contributed by atoms with van der Waals surface area (Å²) in [6.07, 6.45) is -0.526. The number of alkyl halides is 2. The zero-order chi connectivity index (χ0) is 8.48. The molecular weight excluding hydrogens is 154 g/mol. The lowest BCUT2D eigenvalue weighted by molar-refractivity contribution is -0.152. The van der Waals surface area contributed by atoms with Crippen molar-refractivity contribution < 1.29 is 18.7 Å². The minimum absolute atomic E-state index is 0.0509. The van der Waals surface area contributed by atoms with Gasteiger partial charge in [-0.2, -0.15) is 0 Å². The zero-order valence-electron chi connectivity index (χ0n) is 5.98. The van der Waals surface area contributed by atoms with Crippen LogP contribution >= 0.6 is 0 Å². The Morgan fingerprint density at radius 2 is 1.73 bits per heavy atom. The summed E-state index contributed by atoms with van der Waals surface area (Å²) in [6, 6.07) is 0. The van der Waals surface area contributed by atoms with Crippen molar-refractivity contribution in [3.63, 3.8) is 0 Å². The molecule has 0 saturated heterocycles. The topological polar surface area (TPSA) is 37.0 Å². The van der Waals surface area contributed by atoms with Crippen LogP contribution in [-0.4, -0.2) is 11.9 Å². The highest BCUT2D eigenvalue weighted by Crippen LogP contribution is 2.36. The Hall–Kier alpha value is -0.670. The van der Waals surface area contributed by atoms with E-state index in [0.29, 0.717) is 0 Å². The Morgan fingerprint density at radius 1 is 1.27 bits per heavy atom. The van der Waals surface area contributed by atoms with Crippen LogP contribution in [0.25, 0.3) is 0 Å². The third-order valence-electron chi connectivity index (χ3n) is 2.05. The van der Waals surface area contributed by atoms with Gasteiger partial charge in [0.05, 0.1) is 5.92 Å². The maximum Gasteiger partial charge on any atom is 0.358 e. The molecule has 0 bridgehead atoms. The summed E-state index contributed by atoms with van der Waals surface area (Å²) in [5.41, 5.74) is 0. The summed E-state index contributed by atoms with van der Waals surface area (Å²) >= 11 is 0. The summed E-state index contributed by atoms with van der Waals surface area (Å²) in [4.78, 5) is 10.2. The van der Waals surface area contributed by atoms with Gasteiger partial charge in [-0.3, -0.25) is 0 Å². The average Bonchev–Trinajstić information content (AvgIpc) is 1.86. The molecule has 1 radical (unpaired) electrons. The fraction of sp³-hybridized carbons (Fsp3) is 0.857. The van der Waals surface area contributed by atoms with Gasteiger partial charge in [0.15, 0.2) is 0 Å². The Bertz CT molecular complexity index is 158. The van der Waals surface area contributed by atoms with Gasteiger partial charge in [-0.05, 0) is 12.8 Å². The molecule has 0 unspecified atom stereocenters. The van der Waals surface area contributed by atoms with Gasteiger partial charge in [0.2, 0.25) is 5.92 Å². The highest BCUT2D eigenvalue weighted by atomic mass is 19.3. The molecule has 0 aliphatic heterocycles. The summed E-state index contributed by atoms with van der Waals surface area (Å²) in [5, 5.41) is 10.2. The Labute approximate surface area is 63.2 Å². The van der Waals surface area contributed by atoms with Crippen LogP contribution in [0.5, 0.6) is 0 Å². The smallest absolute Gasteiger partial charge is 0.247 e. The number of hydrogen-bond acceptors (Lipinski definition) is 1. The minimum atomic E-state index is -2.65. The molecule has 0 aromatic heterocycles. The van der Waals surface area contributed by atoms with Crippen molar-refractivity contribution in [1.82, 2.24) is 0 Å². The predicted octanol–water partition coefficient (Wildman–Crippen LogP) is 1.77. The second kappa shape index (κ2) is 2.75. The van der Waals surface area contributed by atoms with Crippen LogP contribution in [0.2, 0.25) is 0 Å². The number of carbonyl (C=O) groups excluding carboxylic acids is 1. The van der Waals surface area contributed by atoms with E-state index < -0.39 is 17.8 Å². The van der Waals surface area contributed by atoms with E-state index in [1.807, 2.05) is 0 Å². The maximum atomic E-state index is 12.4.